The van der Waals surface area contributed by atoms with Gasteiger partial charge in [-0.3, -0.25) is 4.79 Å². The van der Waals surface area contributed by atoms with Gasteiger partial charge < -0.3 is 9.72 Å². The molecule has 0 saturated carbocycles. The highest BCUT2D eigenvalue weighted by Gasteiger charge is 2.16. The number of nitrogens with one attached hydrogen (secondary N) is 1. The van der Waals surface area contributed by atoms with Crippen LogP contribution in [0.3, 0.4) is 0 Å². The van der Waals surface area contributed by atoms with Gasteiger partial charge in [0, 0.05) is 6.20 Å². The van der Waals surface area contributed by atoms with Crippen molar-refractivity contribution in [2.45, 2.75) is 32.6 Å². The second-order valence-corrected chi connectivity index (χ2v) is 4.96. The van der Waals surface area contributed by atoms with Crippen LogP contribution in [0.25, 0.3) is 0 Å². The Morgan fingerprint density at radius 2 is 2.10 bits per heavy atom. The van der Waals surface area contributed by atoms with Crippen molar-refractivity contribution in [3.05, 3.63) is 53.6 Å². The first-order valence-corrected chi connectivity index (χ1v) is 7.33. The molecule has 1 heterocycles. The van der Waals surface area contributed by atoms with Gasteiger partial charge in [-0.25, -0.2) is 4.39 Å². The van der Waals surface area contributed by atoms with Crippen molar-refractivity contribution in [2.75, 3.05) is 6.61 Å². The zero-order valence-electron chi connectivity index (χ0n) is 12.2. The summed E-state index contributed by atoms with van der Waals surface area (Å²) in [5.74, 6) is -0.265. The zero-order valence-corrected chi connectivity index (χ0v) is 12.2. The second kappa shape index (κ2) is 7.62. The number of ether oxygens (including phenoxy) is 1. The van der Waals surface area contributed by atoms with Gasteiger partial charge in [-0.15, -0.1) is 0 Å². The topological polar surface area (TPSA) is 42.1 Å². The van der Waals surface area contributed by atoms with E-state index >= 15 is 0 Å². The highest BCUT2D eigenvalue weighted by Crippen LogP contribution is 2.23. The Labute approximate surface area is 124 Å². The van der Waals surface area contributed by atoms with E-state index in [0.29, 0.717) is 18.1 Å². The lowest BCUT2D eigenvalue weighted by molar-refractivity contribution is 0.103. The molecular formula is C17H20FNO2. The van der Waals surface area contributed by atoms with Crippen LogP contribution in [-0.2, 0) is 0 Å². The van der Waals surface area contributed by atoms with Crippen LogP contribution in [0, 0.1) is 5.82 Å². The van der Waals surface area contributed by atoms with Gasteiger partial charge in [-0.1, -0.05) is 26.2 Å². The normalized spacial score (nSPS) is 10.6. The number of unbranched alkanes of at least 4 members (excludes halogenated alkanes) is 3. The van der Waals surface area contributed by atoms with Crippen molar-refractivity contribution in [1.29, 1.82) is 0 Å². The molecule has 0 fully saturated rings. The molecule has 0 aliphatic heterocycles. The van der Waals surface area contributed by atoms with Crippen LogP contribution in [0.1, 0.15) is 48.7 Å². The highest BCUT2D eigenvalue weighted by molar-refractivity contribution is 6.09. The van der Waals surface area contributed by atoms with Crippen LogP contribution in [-0.4, -0.2) is 17.4 Å². The van der Waals surface area contributed by atoms with Crippen LogP contribution >= 0.6 is 0 Å². The van der Waals surface area contributed by atoms with Gasteiger partial charge in [0.25, 0.3) is 0 Å². The van der Waals surface area contributed by atoms with E-state index in [1.807, 2.05) is 0 Å². The van der Waals surface area contributed by atoms with Crippen LogP contribution in [0.5, 0.6) is 5.75 Å². The van der Waals surface area contributed by atoms with Gasteiger partial charge in [0.2, 0.25) is 5.78 Å². The molecule has 0 bridgehead atoms. The van der Waals surface area contributed by atoms with Crippen molar-refractivity contribution in [3.8, 4) is 5.75 Å². The lowest BCUT2D eigenvalue weighted by Gasteiger charge is -2.10. The van der Waals surface area contributed by atoms with Crippen molar-refractivity contribution >= 4 is 5.78 Å². The summed E-state index contributed by atoms with van der Waals surface area (Å²) >= 11 is 0. The highest BCUT2D eigenvalue weighted by atomic mass is 19.1. The maximum Gasteiger partial charge on any atom is 0.212 e. The van der Waals surface area contributed by atoms with Gasteiger partial charge in [-0.2, -0.15) is 0 Å². The van der Waals surface area contributed by atoms with E-state index in [9.17, 15) is 9.18 Å². The van der Waals surface area contributed by atoms with Gasteiger partial charge in [0.1, 0.15) is 11.6 Å². The quantitative estimate of drug-likeness (QED) is 0.580. The molecule has 1 aromatic heterocycles. The molecule has 2 aromatic rings. The van der Waals surface area contributed by atoms with E-state index < -0.39 is 5.82 Å². The van der Waals surface area contributed by atoms with Crippen molar-refractivity contribution in [2.24, 2.45) is 0 Å². The molecule has 0 amide bonds. The molecule has 0 aliphatic rings. The smallest absolute Gasteiger partial charge is 0.212 e. The van der Waals surface area contributed by atoms with Crippen molar-refractivity contribution in [3.63, 3.8) is 0 Å². The molecular weight excluding hydrogens is 269 g/mol. The number of aromatic amines is 1. The average Bonchev–Trinajstić information content (AvgIpc) is 3.02. The van der Waals surface area contributed by atoms with Crippen molar-refractivity contribution in [1.82, 2.24) is 4.98 Å². The van der Waals surface area contributed by atoms with Gasteiger partial charge >= 0.3 is 0 Å². The van der Waals surface area contributed by atoms with Gasteiger partial charge in [0.05, 0.1) is 17.9 Å². The SMILES string of the molecule is CCCCCCOc1ccc(F)cc1C(=O)c1ccc[nH]1. The Morgan fingerprint density at radius 1 is 1.24 bits per heavy atom. The number of benzene rings is 1. The number of H-pyrrole nitrogens is 1. The number of carbonyl (C=O) groups excluding carboxylic acids is 1. The molecule has 112 valence electrons. The number of hydrogen-bond donors (Lipinski definition) is 1. The summed E-state index contributed by atoms with van der Waals surface area (Å²) in [7, 11) is 0. The predicted molar refractivity (Wildman–Crippen MR) is 80.3 cm³/mol. The molecule has 1 N–H and O–H groups in total. The molecule has 4 heteroatoms. The molecule has 21 heavy (non-hydrogen) atoms. The number of rotatable bonds is 8. The van der Waals surface area contributed by atoms with E-state index in [1.165, 1.54) is 24.6 Å². The molecule has 1 aromatic carbocycles. The Morgan fingerprint density at radius 3 is 2.81 bits per heavy atom. The standard InChI is InChI=1S/C17H20FNO2/c1-2-3-4-5-11-21-16-9-8-13(18)12-14(16)17(20)15-7-6-10-19-15/h6-10,12,19H,2-5,11H2,1H3. The Bertz CT molecular complexity index is 578. The number of carbonyl (C=O) groups is 1. The van der Waals surface area contributed by atoms with E-state index in [1.54, 1.807) is 18.3 Å². The minimum atomic E-state index is -0.441. The summed E-state index contributed by atoms with van der Waals surface area (Å²) < 4.78 is 19.1. The third kappa shape index (κ3) is 4.18. The predicted octanol–water partition coefficient (Wildman–Crippen LogP) is 4.34. The van der Waals surface area contributed by atoms with Crippen LogP contribution in [0.2, 0.25) is 0 Å². The largest absolute Gasteiger partial charge is 0.493 e. The first-order chi connectivity index (χ1) is 10.2. The van der Waals surface area contributed by atoms with Gasteiger partial charge in [-0.05, 0) is 36.8 Å². The Balaban J connectivity index is 2.09. The summed E-state index contributed by atoms with van der Waals surface area (Å²) in [6.45, 7) is 2.69. The molecule has 0 unspecified atom stereocenters. The van der Waals surface area contributed by atoms with Crippen LogP contribution in [0.4, 0.5) is 4.39 Å². The zero-order chi connectivity index (χ0) is 15.1. The molecule has 0 atom stereocenters. The fourth-order valence-electron chi connectivity index (χ4n) is 2.13. The summed E-state index contributed by atoms with van der Waals surface area (Å²) in [6, 6.07) is 7.46. The number of hydrogen-bond acceptors (Lipinski definition) is 2. The van der Waals surface area contributed by atoms with E-state index in [0.717, 1.165) is 19.3 Å². The molecule has 0 spiro atoms. The summed E-state index contributed by atoms with van der Waals surface area (Å²) in [6.07, 6.45) is 6.02. The van der Waals surface area contributed by atoms with E-state index in [-0.39, 0.29) is 11.3 Å². The average molecular weight is 289 g/mol. The van der Waals surface area contributed by atoms with Crippen LogP contribution in [0.15, 0.2) is 36.5 Å². The number of ketones is 1. The molecule has 0 saturated heterocycles. The third-order valence-corrected chi connectivity index (χ3v) is 3.28. The van der Waals surface area contributed by atoms with E-state index in [4.69, 9.17) is 4.74 Å². The monoisotopic (exact) mass is 289 g/mol. The number of aromatic nitrogens is 1. The lowest BCUT2D eigenvalue weighted by atomic mass is 10.1. The molecule has 0 aliphatic carbocycles. The second-order valence-electron chi connectivity index (χ2n) is 4.96. The first kappa shape index (κ1) is 15.3. The summed E-state index contributed by atoms with van der Waals surface area (Å²) in [5, 5.41) is 0. The van der Waals surface area contributed by atoms with E-state index in [2.05, 4.69) is 11.9 Å². The summed E-state index contributed by atoms with van der Waals surface area (Å²) in [5.41, 5.74) is 0.685. The Hall–Kier alpha value is -2.10. The minimum absolute atomic E-state index is 0.257. The lowest BCUT2D eigenvalue weighted by Crippen LogP contribution is -2.07. The molecule has 0 radical (unpaired) electrons. The third-order valence-electron chi connectivity index (χ3n) is 3.28. The van der Waals surface area contributed by atoms with Crippen LogP contribution < -0.4 is 4.74 Å². The Kier molecular flexibility index (Phi) is 5.55. The maximum absolute atomic E-state index is 13.4. The molecule has 3 nitrogen and oxygen atoms in total. The maximum atomic E-state index is 13.4. The number of halogens is 1. The minimum Gasteiger partial charge on any atom is -0.493 e. The van der Waals surface area contributed by atoms with Gasteiger partial charge in [0.15, 0.2) is 0 Å². The molecule has 2 rings (SSSR count). The first-order valence-electron chi connectivity index (χ1n) is 7.33. The summed E-state index contributed by atoms with van der Waals surface area (Å²) in [4.78, 5) is 15.2. The fraction of sp³-hybridized carbons (Fsp3) is 0.353. The van der Waals surface area contributed by atoms with Crippen molar-refractivity contribution < 1.29 is 13.9 Å². The fourth-order valence-corrected chi connectivity index (χ4v) is 2.13.